The SMILES string of the molecule is C=N/C(=C\C(=NC)NC(=O)C(CC)CCN(C)C)c1ccccc1OC.CC. The van der Waals surface area contributed by atoms with Gasteiger partial charge in [-0.3, -0.25) is 14.8 Å². The van der Waals surface area contributed by atoms with Crippen LogP contribution in [0.5, 0.6) is 5.75 Å². The van der Waals surface area contributed by atoms with E-state index in [4.69, 9.17) is 4.74 Å². The van der Waals surface area contributed by atoms with Gasteiger partial charge < -0.3 is 15.0 Å². The van der Waals surface area contributed by atoms with Crippen molar-refractivity contribution in [2.24, 2.45) is 15.9 Å². The molecule has 1 amide bonds. The van der Waals surface area contributed by atoms with Crippen molar-refractivity contribution in [3.63, 3.8) is 0 Å². The number of ether oxygens (including phenoxy) is 1. The highest BCUT2D eigenvalue weighted by Gasteiger charge is 2.18. The Kier molecular flexibility index (Phi) is 13.3. The number of hydrogen-bond donors (Lipinski definition) is 1. The molecule has 0 radical (unpaired) electrons. The largest absolute Gasteiger partial charge is 0.496 e. The number of amidine groups is 1. The maximum atomic E-state index is 12.6. The highest BCUT2D eigenvalue weighted by atomic mass is 16.5. The molecular weight excluding hydrogens is 352 g/mol. The number of methoxy groups -OCH3 is 1. The predicted molar refractivity (Wildman–Crippen MR) is 120 cm³/mol. The van der Waals surface area contributed by atoms with Crippen LogP contribution in [-0.4, -0.2) is 58.2 Å². The molecule has 0 aliphatic carbocycles. The van der Waals surface area contributed by atoms with Crippen molar-refractivity contribution in [2.75, 3.05) is 34.8 Å². The second-order valence-corrected chi connectivity index (χ2v) is 6.18. The molecule has 1 atom stereocenters. The van der Waals surface area contributed by atoms with E-state index in [0.29, 0.717) is 17.3 Å². The summed E-state index contributed by atoms with van der Waals surface area (Å²) < 4.78 is 5.37. The Balaban J connectivity index is 0.00000352. The minimum atomic E-state index is -0.0612. The Hall–Kier alpha value is -2.47. The number of carbonyl (C=O) groups is 1. The fourth-order valence-corrected chi connectivity index (χ4v) is 2.51. The molecule has 0 bridgehead atoms. The first-order chi connectivity index (χ1) is 13.5. The molecule has 0 saturated carbocycles. The lowest BCUT2D eigenvalue weighted by Crippen LogP contribution is -2.36. The molecular formula is C22H36N4O2. The highest BCUT2D eigenvalue weighted by Crippen LogP contribution is 2.26. The molecule has 0 heterocycles. The van der Waals surface area contributed by atoms with Gasteiger partial charge in [0, 0.05) is 24.6 Å². The Morgan fingerprint density at radius 3 is 2.46 bits per heavy atom. The van der Waals surface area contributed by atoms with Gasteiger partial charge in [0.05, 0.1) is 12.8 Å². The molecule has 1 N–H and O–H groups in total. The second-order valence-electron chi connectivity index (χ2n) is 6.18. The van der Waals surface area contributed by atoms with E-state index in [2.05, 4.69) is 26.9 Å². The van der Waals surface area contributed by atoms with E-state index < -0.39 is 0 Å². The molecule has 0 saturated heterocycles. The second kappa shape index (κ2) is 14.6. The molecule has 0 aliphatic rings. The first kappa shape index (κ1) is 25.5. The van der Waals surface area contributed by atoms with Crippen LogP contribution in [0.2, 0.25) is 0 Å². The van der Waals surface area contributed by atoms with Crippen LogP contribution in [0.1, 0.15) is 39.2 Å². The van der Waals surface area contributed by atoms with Crippen LogP contribution in [0.15, 0.2) is 40.3 Å². The van der Waals surface area contributed by atoms with Gasteiger partial charge in [0.25, 0.3) is 0 Å². The van der Waals surface area contributed by atoms with Crippen LogP contribution in [0.3, 0.4) is 0 Å². The lowest BCUT2D eigenvalue weighted by molar-refractivity contribution is -0.123. The fraction of sp³-hybridized carbons (Fsp3) is 0.500. The minimum Gasteiger partial charge on any atom is -0.496 e. The normalized spacial score (nSPS) is 12.7. The number of hydrogen-bond acceptors (Lipinski definition) is 5. The van der Waals surface area contributed by atoms with Gasteiger partial charge in [-0.05, 0) is 52.3 Å². The number of para-hydroxylation sites is 1. The van der Waals surface area contributed by atoms with Crippen LogP contribution in [0.4, 0.5) is 0 Å². The number of aliphatic imine (C=N–C) groups is 2. The van der Waals surface area contributed by atoms with Gasteiger partial charge in [-0.25, -0.2) is 0 Å². The average molecular weight is 389 g/mol. The van der Waals surface area contributed by atoms with Crippen molar-refractivity contribution >= 4 is 24.2 Å². The first-order valence-corrected chi connectivity index (χ1v) is 9.70. The Labute approximate surface area is 170 Å². The van der Waals surface area contributed by atoms with Crippen molar-refractivity contribution in [3.05, 3.63) is 35.9 Å². The molecule has 0 spiro atoms. The van der Waals surface area contributed by atoms with Gasteiger partial charge >= 0.3 is 0 Å². The summed E-state index contributed by atoms with van der Waals surface area (Å²) in [6, 6.07) is 7.52. The van der Waals surface area contributed by atoms with Crippen LogP contribution < -0.4 is 10.1 Å². The maximum absolute atomic E-state index is 12.6. The summed E-state index contributed by atoms with van der Waals surface area (Å²) in [7, 11) is 7.24. The molecule has 28 heavy (non-hydrogen) atoms. The Bertz CT molecular complexity index is 666. The zero-order chi connectivity index (χ0) is 21.5. The van der Waals surface area contributed by atoms with Crippen LogP contribution in [0.25, 0.3) is 5.70 Å². The Morgan fingerprint density at radius 1 is 1.32 bits per heavy atom. The summed E-state index contributed by atoms with van der Waals surface area (Å²) in [6.45, 7) is 10.5. The van der Waals surface area contributed by atoms with Gasteiger partial charge in [0.1, 0.15) is 11.6 Å². The standard InChI is InChI=1S/C20H30N4O2.C2H6/c1-7-15(12-13-24(4)5)20(25)23-19(22-3)14-17(21-2)16-10-8-9-11-18(16)26-6;1-2/h8-11,14-15H,2,7,12-13H2,1,3-6H3,(H,22,23,25);1-2H3/b17-14-;. The first-order valence-electron chi connectivity index (χ1n) is 9.70. The third-order valence-electron chi connectivity index (χ3n) is 4.11. The van der Waals surface area contributed by atoms with Gasteiger partial charge in [-0.1, -0.05) is 32.9 Å². The summed E-state index contributed by atoms with van der Waals surface area (Å²) in [4.78, 5) is 22.9. The third-order valence-corrected chi connectivity index (χ3v) is 4.11. The third kappa shape index (κ3) is 8.48. The van der Waals surface area contributed by atoms with Gasteiger partial charge in [-0.2, -0.15) is 0 Å². The molecule has 1 aromatic carbocycles. The van der Waals surface area contributed by atoms with Gasteiger partial charge in [0.2, 0.25) is 5.91 Å². The van der Waals surface area contributed by atoms with Gasteiger partial charge in [-0.15, -0.1) is 0 Å². The van der Waals surface area contributed by atoms with Crippen molar-refractivity contribution < 1.29 is 9.53 Å². The average Bonchev–Trinajstić information content (AvgIpc) is 2.72. The van der Waals surface area contributed by atoms with Crippen LogP contribution >= 0.6 is 0 Å². The lowest BCUT2D eigenvalue weighted by atomic mass is 10.0. The molecule has 0 aliphatic heterocycles. The molecule has 1 rings (SSSR count). The molecule has 1 aromatic rings. The summed E-state index contributed by atoms with van der Waals surface area (Å²) in [5.74, 6) is 1.04. The Morgan fingerprint density at radius 2 is 1.96 bits per heavy atom. The molecule has 0 aromatic heterocycles. The van der Waals surface area contributed by atoms with Gasteiger partial charge in [0.15, 0.2) is 0 Å². The molecule has 156 valence electrons. The van der Waals surface area contributed by atoms with Crippen molar-refractivity contribution in [1.29, 1.82) is 0 Å². The summed E-state index contributed by atoms with van der Waals surface area (Å²) in [6.07, 6.45) is 3.29. The van der Waals surface area contributed by atoms with Crippen molar-refractivity contribution in [1.82, 2.24) is 10.2 Å². The van der Waals surface area contributed by atoms with E-state index >= 15 is 0 Å². The van der Waals surface area contributed by atoms with E-state index in [-0.39, 0.29) is 11.8 Å². The molecule has 0 fully saturated rings. The number of carbonyl (C=O) groups excluding carboxylic acids is 1. The number of benzene rings is 1. The quantitative estimate of drug-likeness (QED) is 0.516. The predicted octanol–water partition coefficient (Wildman–Crippen LogP) is 3.89. The van der Waals surface area contributed by atoms with E-state index in [9.17, 15) is 4.79 Å². The number of rotatable bonds is 9. The van der Waals surface area contributed by atoms with E-state index in [0.717, 1.165) is 24.9 Å². The topological polar surface area (TPSA) is 66.3 Å². The molecule has 6 nitrogen and oxygen atoms in total. The number of nitrogens with zero attached hydrogens (tertiary/aromatic N) is 3. The van der Waals surface area contributed by atoms with Crippen LogP contribution in [-0.2, 0) is 4.79 Å². The highest BCUT2D eigenvalue weighted by molar-refractivity contribution is 6.08. The summed E-state index contributed by atoms with van der Waals surface area (Å²) in [5, 5.41) is 2.90. The molecule has 6 heteroatoms. The number of amides is 1. The molecule has 1 unspecified atom stereocenters. The number of nitrogens with one attached hydrogen (secondary N) is 1. The maximum Gasteiger partial charge on any atom is 0.228 e. The van der Waals surface area contributed by atoms with Crippen molar-refractivity contribution in [3.8, 4) is 5.75 Å². The smallest absolute Gasteiger partial charge is 0.228 e. The zero-order valence-electron chi connectivity index (χ0n) is 18.5. The zero-order valence-corrected chi connectivity index (χ0v) is 18.5. The monoisotopic (exact) mass is 388 g/mol. The summed E-state index contributed by atoms with van der Waals surface area (Å²) >= 11 is 0. The summed E-state index contributed by atoms with van der Waals surface area (Å²) in [5.41, 5.74) is 1.38. The van der Waals surface area contributed by atoms with Crippen LogP contribution in [0, 0.1) is 5.92 Å². The lowest BCUT2D eigenvalue weighted by Gasteiger charge is -2.17. The fourth-order valence-electron chi connectivity index (χ4n) is 2.51. The van der Waals surface area contributed by atoms with Crippen molar-refractivity contribution in [2.45, 2.75) is 33.6 Å². The van der Waals surface area contributed by atoms with E-state index in [1.807, 2.05) is 59.1 Å². The van der Waals surface area contributed by atoms with E-state index in [1.165, 1.54) is 0 Å². The minimum absolute atomic E-state index is 0.0327. The van der Waals surface area contributed by atoms with E-state index in [1.54, 1.807) is 20.2 Å².